The number of halogens is 1. The molecule has 4 heteroatoms. The Morgan fingerprint density at radius 1 is 1.37 bits per heavy atom. The van der Waals surface area contributed by atoms with Gasteiger partial charge in [0.05, 0.1) is 5.69 Å². The SMILES string of the molecule is CCCCC(CC)Nc1cc(NC(C)=O)ccc1F. The summed E-state index contributed by atoms with van der Waals surface area (Å²) in [5.74, 6) is -0.445. The number of rotatable bonds is 7. The van der Waals surface area contributed by atoms with E-state index >= 15 is 0 Å². The van der Waals surface area contributed by atoms with E-state index in [1.807, 2.05) is 0 Å². The molecule has 106 valence electrons. The van der Waals surface area contributed by atoms with E-state index in [4.69, 9.17) is 0 Å². The average molecular weight is 266 g/mol. The third-order valence-electron chi connectivity index (χ3n) is 3.05. The molecule has 0 fully saturated rings. The normalized spacial score (nSPS) is 12.0. The van der Waals surface area contributed by atoms with Crippen molar-refractivity contribution in [2.75, 3.05) is 10.6 Å². The van der Waals surface area contributed by atoms with Gasteiger partial charge in [-0.1, -0.05) is 26.7 Å². The van der Waals surface area contributed by atoms with Crippen molar-refractivity contribution in [3.05, 3.63) is 24.0 Å². The first-order valence-corrected chi connectivity index (χ1v) is 6.90. The largest absolute Gasteiger partial charge is 0.380 e. The highest BCUT2D eigenvalue weighted by atomic mass is 19.1. The highest BCUT2D eigenvalue weighted by Gasteiger charge is 2.10. The zero-order valence-electron chi connectivity index (χ0n) is 11.9. The zero-order chi connectivity index (χ0) is 14.3. The second kappa shape index (κ2) is 7.77. The molecule has 1 aromatic rings. The van der Waals surface area contributed by atoms with Crippen LogP contribution in [0.4, 0.5) is 15.8 Å². The van der Waals surface area contributed by atoms with Crippen molar-refractivity contribution >= 4 is 17.3 Å². The van der Waals surface area contributed by atoms with Crippen molar-refractivity contribution in [2.24, 2.45) is 0 Å². The minimum atomic E-state index is -0.288. The number of benzene rings is 1. The predicted molar refractivity (Wildman–Crippen MR) is 77.9 cm³/mol. The van der Waals surface area contributed by atoms with Gasteiger partial charge < -0.3 is 10.6 Å². The molecule has 2 N–H and O–H groups in total. The number of hydrogen-bond donors (Lipinski definition) is 2. The highest BCUT2D eigenvalue weighted by Crippen LogP contribution is 2.22. The number of amides is 1. The van der Waals surface area contributed by atoms with E-state index in [-0.39, 0.29) is 17.8 Å². The minimum absolute atomic E-state index is 0.157. The molecule has 1 rings (SSSR count). The van der Waals surface area contributed by atoms with Gasteiger partial charge in [0.1, 0.15) is 5.82 Å². The van der Waals surface area contributed by atoms with Gasteiger partial charge >= 0.3 is 0 Å². The predicted octanol–water partition coefficient (Wildman–Crippen LogP) is 4.16. The maximum Gasteiger partial charge on any atom is 0.221 e. The van der Waals surface area contributed by atoms with Crippen molar-refractivity contribution < 1.29 is 9.18 Å². The first kappa shape index (κ1) is 15.5. The Bertz CT molecular complexity index is 421. The topological polar surface area (TPSA) is 41.1 Å². The van der Waals surface area contributed by atoms with Gasteiger partial charge in [0.2, 0.25) is 5.91 Å². The van der Waals surface area contributed by atoms with Gasteiger partial charge in [-0.25, -0.2) is 4.39 Å². The van der Waals surface area contributed by atoms with Crippen LogP contribution in [-0.2, 0) is 4.79 Å². The molecule has 1 atom stereocenters. The van der Waals surface area contributed by atoms with Crippen LogP contribution in [0, 0.1) is 5.82 Å². The van der Waals surface area contributed by atoms with Gasteiger partial charge in [0, 0.05) is 18.7 Å². The lowest BCUT2D eigenvalue weighted by molar-refractivity contribution is -0.114. The number of anilines is 2. The minimum Gasteiger partial charge on any atom is -0.380 e. The second-order valence-corrected chi connectivity index (χ2v) is 4.77. The van der Waals surface area contributed by atoms with Gasteiger partial charge in [0.25, 0.3) is 0 Å². The Labute approximate surface area is 114 Å². The number of hydrogen-bond acceptors (Lipinski definition) is 2. The summed E-state index contributed by atoms with van der Waals surface area (Å²) in [7, 11) is 0. The molecule has 0 aliphatic carbocycles. The molecule has 0 heterocycles. The summed E-state index contributed by atoms with van der Waals surface area (Å²) in [6.07, 6.45) is 4.23. The van der Waals surface area contributed by atoms with E-state index in [1.54, 1.807) is 12.1 Å². The van der Waals surface area contributed by atoms with E-state index < -0.39 is 0 Å². The second-order valence-electron chi connectivity index (χ2n) is 4.77. The molecular weight excluding hydrogens is 243 g/mol. The Morgan fingerprint density at radius 3 is 2.68 bits per heavy atom. The molecule has 1 unspecified atom stereocenters. The van der Waals surface area contributed by atoms with Crippen molar-refractivity contribution in [1.29, 1.82) is 0 Å². The van der Waals surface area contributed by atoms with Crippen LogP contribution in [-0.4, -0.2) is 11.9 Å². The highest BCUT2D eigenvalue weighted by molar-refractivity contribution is 5.89. The van der Waals surface area contributed by atoms with Gasteiger partial charge in [0.15, 0.2) is 0 Å². The number of carbonyl (C=O) groups excluding carboxylic acids is 1. The summed E-state index contributed by atoms with van der Waals surface area (Å²) in [5.41, 5.74) is 1.07. The molecule has 0 saturated carbocycles. The summed E-state index contributed by atoms with van der Waals surface area (Å²) < 4.78 is 13.8. The monoisotopic (exact) mass is 266 g/mol. The van der Waals surface area contributed by atoms with Crippen LogP contribution in [0.3, 0.4) is 0 Å². The average Bonchev–Trinajstić information content (AvgIpc) is 2.37. The summed E-state index contributed by atoms with van der Waals surface area (Å²) in [6, 6.07) is 4.85. The van der Waals surface area contributed by atoms with Crippen molar-refractivity contribution in [1.82, 2.24) is 0 Å². The molecule has 0 aliphatic heterocycles. The van der Waals surface area contributed by atoms with E-state index in [9.17, 15) is 9.18 Å². The molecule has 0 radical (unpaired) electrons. The first-order chi connectivity index (χ1) is 9.06. The fraction of sp³-hybridized carbons (Fsp3) is 0.533. The molecule has 0 bridgehead atoms. The van der Waals surface area contributed by atoms with Gasteiger partial charge in [-0.3, -0.25) is 4.79 Å². The summed E-state index contributed by atoms with van der Waals surface area (Å²) >= 11 is 0. The third-order valence-corrected chi connectivity index (χ3v) is 3.05. The molecule has 0 aliphatic rings. The van der Waals surface area contributed by atoms with Gasteiger partial charge in [-0.05, 0) is 31.0 Å². The van der Waals surface area contributed by atoms with E-state index in [0.29, 0.717) is 11.4 Å². The van der Waals surface area contributed by atoms with Gasteiger partial charge in [-0.2, -0.15) is 0 Å². The van der Waals surface area contributed by atoms with Crippen LogP contribution >= 0.6 is 0 Å². The molecule has 1 aromatic carbocycles. The lowest BCUT2D eigenvalue weighted by Crippen LogP contribution is -2.19. The molecule has 1 amide bonds. The van der Waals surface area contributed by atoms with Crippen molar-refractivity contribution in [3.8, 4) is 0 Å². The molecule has 19 heavy (non-hydrogen) atoms. The molecule has 0 aromatic heterocycles. The molecule has 3 nitrogen and oxygen atoms in total. The Morgan fingerprint density at radius 2 is 2.11 bits per heavy atom. The maximum atomic E-state index is 13.8. The molecule has 0 spiro atoms. The first-order valence-electron chi connectivity index (χ1n) is 6.90. The van der Waals surface area contributed by atoms with E-state index in [2.05, 4.69) is 24.5 Å². The standard InChI is InChI=1S/C15H23FN2O/c1-4-6-7-12(5-2)18-15-10-13(17-11(3)19)8-9-14(15)16/h8-10,12,18H,4-7H2,1-3H3,(H,17,19). The summed E-state index contributed by atoms with van der Waals surface area (Å²) in [5, 5.41) is 5.88. The molecule has 0 saturated heterocycles. The van der Waals surface area contributed by atoms with Crippen LogP contribution in [0.2, 0.25) is 0 Å². The summed E-state index contributed by atoms with van der Waals surface area (Å²) in [6.45, 7) is 5.67. The smallest absolute Gasteiger partial charge is 0.221 e. The van der Waals surface area contributed by atoms with Crippen molar-refractivity contribution in [2.45, 2.75) is 52.5 Å². The molecular formula is C15H23FN2O. The van der Waals surface area contributed by atoms with Crippen LogP contribution in [0.25, 0.3) is 0 Å². The number of carbonyl (C=O) groups is 1. The third kappa shape index (κ3) is 5.28. The fourth-order valence-corrected chi connectivity index (χ4v) is 1.97. The van der Waals surface area contributed by atoms with Crippen molar-refractivity contribution in [3.63, 3.8) is 0 Å². The van der Waals surface area contributed by atoms with Crippen LogP contribution < -0.4 is 10.6 Å². The summed E-state index contributed by atoms with van der Waals surface area (Å²) in [4.78, 5) is 11.0. The Balaban J connectivity index is 2.77. The van der Waals surface area contributed by atoms with Gasteiger partial charge in [-0.15, -0.1) is 0 Å². The lowest BCUT2D eigenvalue weighted by atomic mass is 10.1. The number of nitrogens with one attached hydrogen (secondary N) is 2. The Kier molecular flexibility index (Phi) is 6.33. The zero-order valence-corrected chi connectivity index (χ0v) is 11.9. The quantitative estimate of drug-likeness (QED) is 0.778. The van der Waals surface area contributed by atoms with Crippen LogP contribution in [0.1, 0.15) is 46.5 Å². The fourth-order valence-electron chi connectivity index (χ4n) is 1.97. The maximum absolute atomic E-state index is 13.8. The van der Waals surface area contributed by atoms with E-state index in [0.717, 1.165) is 25.7 Å². The Hall–Kier alpha value is -1.58. The van der Waals surface area contributed by atoms with E-state index in [1.165, 1.54) is 13.0 Å². The lowest BCUT2D eigenvalue weighted by Gasteiger charge is -2.19. The number of unbranched alkanes of at least 4 members (excludes halogenated alkanes) is 1. The van der Waals surface area contributed by atoms with Crippen LogP contribution in [0.5, 0.6) is 0 Å². The van der Waals surface area contributed by atoms with Crippen LogP contribution in [0.15, 0.2) is 18.2 Å².